The van der Waals surface area contributed by atoms with Crippen molar-refractivity contribution in [2.24, 2.45) is 0 Å². The van der Waals surface area contributed by atoms with E-state index < -0.39 is 0 Å². The molecular formula is C13H15ClN4O2. The van der Waals surface area contributed by atoms with Gasteiger partial charge in [-0.1, -0.05) is 23.7 Å². The highest BCUT2D eigenvalue weighted by atomic mass is 35.5. The zero-order chi connectivity index (χ0) is 14.4. The fourth-order valence-electron chi connectivity index (χ4n) is 1.61. The summed E-state index contributed by atoms with van der Waals surface area (Å²) in [5, 5.41) is 18.6. The molecular weight excluding hydrogens is 280 g/mol. The Morgan fingerprint density at radius 2 is 2.20 bits per heavy atom. The van der Waals surface area contributed by atoms with E-state index in [0.717, 1.165) is 5.69 Å². The molecule has 0 spiro atoms. The van der Waals surface area contributed by atoms with Gasteiger partial charge in [0.15, 0.2) is 0 Å². The standard InChI is InChI=1S/C13H15ClN4O2/c14-11-4-1-2-5-12(11)18-9-10(8-16-18)17-13(20)15-6-3-7-19/h1-2,4-5,8-9,19H,3,6-7H2,(H2,15,17,20). The molecule has 7 heteroatoms. The Hall–Kier alpha value is -2.05. The number of urea groups is 1. The Morgan fingerprint density at radius 1 is 1.40 bits per heavy atom. The van der Waals surface area contributed by atoms with Gasteiger partial charge in [0.25, 0.3) is 0 Å². The van der Waals surface area contributed by atoms with Crippen LogP contribution in [0.2, 0.25) is 5.02 Å². The zero-order valence-electron chi connectivity index (χ0n) is 10.7. The largest absolute Gasteiger partial charge is 0.396 e. The molecule has 0 fully saturated rings. The summed E-state index contributed by atoms with van der Waals surface area (Å²) in [6.07, 6.45) is 3.73. The van der Waals surface area contributed by atoms with Crippen LogP contribution in [0.1, 0.15) is 6.42 Å². The number of carbonyl (C=O) groups is 1. The number of aliphatic hydroxyl groups excluding tert-OH is 1. The summed E-state index contributed by atoms with van der Waals surface area (Å²) in [6.45, 7) is 0.464. The second-order valence-electron chi connectivity index (χ2n) is 4.08. The number of para-hydroxylation sites is 1. The number of rotatable bonds is 5. The van der Waals surface area contributed by atoms with Crippen LogP contribution in [-0.4, -0.2) is 34.1 Å². The second-order valence-corrected chi connectivity index (χ2v) is 4.49. The number of aromatic nitrogens is 2. The normalized spacial score (nSPS) is 10.3. The number of carbonyl (C=O) groups excluding carboxylic acids is 1. The summed E-state index contributed by atoms with van der Waals surface area (Å²) in [5.74, 6) is 0. The van der Waals surface area contributed by atoms with E-state index in [2.05, 4.69) is 15.7 Å². The predicted molar refractivity (Wildman–Crippen MR) is 77.3 cm³/mol. The van der Waals surface area contributed by atoms with E-state index in [1.165, 1.54) is 6.20 Å². The minimum atomic E-state index is -0.336. The molecule has 0 saturated carbocycles. The Bertz CT molecular complexity index is 585. The molecule has 0 aliphatic rings. The van der Waals surface area contributed by atoms with Crippen LogP contribution in [0, 0.1) is 0 Å². The number of aliphatic hydroxyl groups is 1. The van der Waals surface area contributed by atoms with Gasteiger partial charge in [0.2, 0.25) is 0 Å². The first kappa shape index (κ1) is 14.4. The van der Waals surface area contributed by atoms with Gasteiger partial charge in [-0.15, -0.1) is 0 Å². The van der Waals surface area contributed by atoms with Crippen molar-refractivity contribution in [1.82, 2.24) is 15.1 Å². The van der Waals surface area contributed by atoms with E-state index in [4.69, 9.17) is 16.7 Å². The second kappa shape index (κ2) is 6.93. The third-order valence-electron chi connectivity index (χ3n) is 2.56. The van der Waals surface area contributed by atoms with Crippen molar-refractivity contribution in [2.45, 2.75) is 6.42 Å². The Labute approximate surface area is 121 Å². The molecule has 20 heavy (non-hydrogen) atoms. The molecule has 3 N–H and O–H groups in total. The Balaban J connectivity index is 1.99. The first-order chi connectivity index (χ1) is 9.70. The summed E-state index contributed by atoms with van der Waals surface area (Å²) in [7, 11) is 0. The van der Waals surface area contributed by atoms with Crippen molar-refractivity contribution in [3.63, 3.8) is 0 Å². The van der Waals surface area contributed by atoms with Crippen molar-refractivity contribution in [2.75, 3.05) is 18.5 Å². The van der Waals surface area contributed by atoms with Gasteiger partial charge in [-0.05, 0) is 18.6 Å². The first-order valence-electron chi connectivity index (χ1n) is 6.16. The zero-order valence-corrected chi connectivity index (χ0v) is 11.5. The van der Waals surface area contributed by atoms with Crippen LogP contribution in [0.25, 0.3) is 5.69 Å². The summed E-state index contributed by atoms with van der Waals surface area (Å²) < 4.78 is 1.59. The van der Waals surface area contributed by atoms with Crippen molar-refractivity contribution < 1.29 is 9.90 Å². The van der Waals surface area contributed by atoms with Crippen LogP contribution >= 0.6 is 11.6 Å². The first-order valence-corrected chi connectivity index (χ1v) is 6.54. The summed E-state index contributed by atoms with van der Waals surface area (Å²) in [6, 6.07) is 6.96. The van der Waals surface area contributed by atoms with E-state index in [9.17, 15) is 4.79 Å². The number of hydrogen-bond acceptors (Lipinski definition) is 3. The molecule has 6 nitrogen and oxygen atoms in total. The third kappa shape index (κ3) is 3.72. The molecule has 0 atom stereocenters. The highest BCUT2D eigenvalue weighted by Crippen LogP contribution is 2.20. The van der Waals surface area contributed by atoms with E-state index in [-0.39, 0.29) is 12.6 Å². The monoisotopic (exact) mass is 294 g/mol. The minimum absolute atomic E-state index is 0.0463. The van der Waals surface area contributed by atoms with E-state index in [1.807, 2.05) is 18.2 Å². The van der Waals surface area contributed by atoms with Gasteiger partial charge in [0.05, 0.1) is 28.8 Å². The lowest BCUT2D eigenvalue weighted by Crippen LogP contribution is -2.29. The van der Waals surface area contributed by atoms with Crippen LogP contribution in [0.15, 0.2) is 36.7 Å². The van der Waals surface area contributed by atoms with Crippen molar-refractivity contribution in [3.05, 3.63) is 41.7 Å². The number of nitrogens with one attached hydrogen (secondary N) is 2. The quantitative estimate of drug-likeness (QED) is 0.738. The lowest BCUT2D eigenvalue weighted by molar-refractivity contribution is 0.249. The van der Waals surface area contributed by atoms with Gasteiger partial charge in [-0.2, -0.15) is 5.10 Å². The van der Waals surface area contributed by atoms with Crippen LogP contribution < -0.4 is 10.6 Å². The van der Waals surface area contributed by atoms with Gasteiger partial charge in [-0.3, -0.25) is 0 Å². The lowest BCUT2D eigenvalue weighted by atomic mass is 10.3. The average Bonchev–Trinajstić information content (AvgIpc) is 2.88. The summed E-state index contributed by atoms with van der Waals surface area (Å²) in [4.78, 5) is 11.5. The van der Waals surface area contributed by atoms with Crippen LogP contribution in [-0.2, 0) is 0 Å². The van der Waals surface area contributed by atoms with Crippen molar-refractivity contribution in [1.29, 1.82) is 0 Å². The number of nitrogens with zero attached hydrogens (tertiary/aromatic N) is 2. The van der Waals surface area contributed by atoms with Gasteiger partial charge in [-0.25, -0.2) is 9.48 Å². The van der Waals surface area contributed by atoms with E-state index in [0.29, 0.717) is 23.7 Å². The van der Waals surface area contributed by atoms with Gasteiger partial charge < -0.3 is 15.7 Å². The maximum atomic E-state index is 11.5. The molecule has 0 aliphatic carbocycles. The van der Waals surface area contributed by atoms with Crippen LogP contribution in [0.4, 0.5) is 10.5 Å². The molecule has 0 aliphatic heterocycles. The molecule has 1 aromatic heterocycles. The van der Waals surface area contributed by atoms with Crippen LogP contribution in [0.3, 0.4) is 0 Å². The Kier molecular flexibility index (Phi) is 4.97. The molecule has 0 radical (unpaired) electrons. The third-order valence-corrected chi connectivity index (χ3v) is 2.88. The molecule has 0 bridgehead atoms. The molecule has 0 unspecified atom stereocenters. The molecule has 2 rings (SSSR count). The topological polar surface area (TPSA) is 79.2 Å². The maximum absolute atomic E-state index is 11.5. The Morgan fingerprint density at radius 3 is 2.95 bits per heavy atom. The molecule has 1 heterocycles. The molecule has 1 aromatic carbocycles. The van der Waals surface area contributed by atoms with E-state index in [1.54, 1.807) is 16.9 Å². The number of halogens is 1. The fourth-order valence-corrected chi connectivity index (χ4v) is 1.84. The van der Waals surface area contributed by atoms with Gasteiger partial charge >= 0.3 is 6.03 Å². The van der Waals surface area contributed by atoms with Gasteiger partial charge in [0, 0.05) is 13.2 Å². The predicted octanol–water partition coefficient (Wildman–Crippen LogP) is 2.03. The highest BCUT2D eigenvalue weighted by molar-refractivity contribution is 6.32. The summed E-state index contributed by atoms with van der Waals surface area (Å²) in [5.41, 5.74) is 1.30. The van der Waals surface area contributed by atoms with Gasteiger partial charge in [0.1, 0.15) is 0 Å². The molecule has 106 valence electrons. The smallest absolute Gasteiger partial charge is 0.319 e. The minimum Gasteiger partial charge on any atom is -0.396 e. The van der Waals surface area contributed by atoms with Crippen LogP contribution in [0.5, 0.6) is 0 Å². The number of anilines is 1. The number of hydrogen-bond donors (Lipinski definition) is 3. The van der Waals surface area contributed by atoms with E-state index >= 15 is 0 Å². The fraction of sp³-hybridized carbons (Fsp3) is 0.231. The molecule has 0 saturated heterocycles. The number of benzene rings is 1. The van der Waals surface area contributed by atoms with Crippen molar-refractivity contribution >= 4 is 23.3 Å². The summed E-state index contributed by atoms with van der Waals surface area (Å²) >= 11 is 6.07. The maximum Gasteiger partial charge on any atom is 0.319 e. The van der Waals surface area contributed by atoms with Crippen molar-refractivity contribution in [3.8, 4) is 5.69 Å². The average molecular weight is 295 g/mol. The SMILES string of the molecule is O=C(NCCCO)Nc1cnn(-c2ccccc2Cl)c1. The lowest BCUT2D eigenvalue weighted by Gasteiger charge is -2.05. The molecule has 2 amide bonds. The molecule has 2 aromatic rings. The number of amides is 2. The highest BCUT2D eigenvalue weighted by Gasteiger charge is 2.06.